The van der Waals surface area contributed by atoms with E-state index in [9.17, 15) is 9.50 Å². The second-order valence-electron chi connectivity index (χ2n) is 6.32. The van der Waals surface area contributed by atoms with Gasteiger partial charge in [0.1, 0.15) is 29.8 Å². The summed E-state index contributed by atoms with van der Waals surface area (Å²) in [5.74, 6) is 0.462. The molecule has 3 aromatic rings. The number of ether oxygens (including phenoxy) is 1. The highest BCUT2D eigenvalue weighted by Crippen LogP contribution is 2.32. The fourth-order valence-electron chi connectivity index (χ4n) is 3.28. The molecule has 0 saturated carbocycles. The lowest BCUT2D eigenvalue weighted by molar-refractivity contribution is -0.634. The minimum Gasteiger partial charge on any atom is -0.496 e. The first-order chi connectivity index (χ1) is 11.9. The Hall–Kier alpha value is -2.53. The Balaban J connectivity index is 2.38. The van der Waals surface area contributed by atoms with Gasteiger partial charge in [-0.25, -0.2) is 9.37 Å². The first-order valence-electron chi connectivity index (χ1n) is 8.12. The Morgan fingerprint density at radius 2 is 1.88 bits per heavy atom. The molecule has 0 fully saturated rings. The van der Waals surface area contributed by atoms with E-state index < -0.39 is 0 Å². The van der Waals surface area contributed by atoms with Crippen LogP contribution in [0.2, 0.25) is 0 Å². The summed E-state index contributed by atoms with van der Waals surface area (Å²) in [6.07, 6.45) is 0. The lowest BCUT2D eigenvalue weighted by Gasteiger charge is -2.14. The van der Waals surface area contributed by atoms with Gasteiger partial charge in [-0.1, -0.05) is 0 Å². The Morgan fingerprint density at radius 1 is 1.16 bits per heavy atom. The molecule has 0 atom stereocenters. The molecule has 5 heteroatoms. The molecule has 0 aliphatic heterocycles. The predicted molar refractivity (Wildman–Crippen MR) is 95.0 cm³/mol. The Morgan fingerprint density at radius 3 is 2.52 bits per heavy atom. The second kappa shape index (κ2) is 6.41. The third kappa shape index (κ3) is 2.85. The van der Waals surface area contributed by atoms with Gasteiger partial charge < -0.3 is 9.84 Å². The van der Waals surface area contributed by atoms with E-state index in [0.717, 1.165) is 39.3 Å². The SMILES string of the molecule is COc1cc(CO)cc(-c2c(C)nc3cc(F)c(C)cc3[n+]2C)c1C. The molecule has 0 amide bonds. The van der Waals surface area contributed by atoms with Crippen molar-refractivity contribution in [3.63, 3.8) is 0 Å². The first-order valence-corrected chi connectivity index (χ1v) is 8.12. The number of methoxy groups -OCH3 is 1. The molecular weight excluding hydrogens is 319 g/mol. The molecule has 0 radical (unpaired) electrons. The summed E-state index contributed by atoms with van der Waals surface area (Å²) in [4.78, 5) is 4.60. The number of hydrogen-bond acceptors (Lipinski definition) is 3. The third-order valence-electron chi connectivity index (χ3n) is 4.66. The van der Waals surface area contributed by atoms with Gasteiger partial charge in [0.15, 0.2) is 0 Å². The van der Waals surface area contributed by atoms with E-state index in [1.807, 2.05) is 43.7 Å². The molecule has 0 aliphatic rings. The average molecular weight is 341 g/mol. The zero-order valence-corrected chi connectivity index (χ0v) is 15.1. The number of fused-ring (bicyclic) bond motifs is 1. The lowest BCUT2D eigenvalue weighted by Crippen LogP contribution is -2.34. The number of benzene rings is 2. The maximum Gasteiger partial charge on any atom is 0.234 e. The molecule has 0 unspecified atom stereocenters. The van der Waals surface area contributed by atoms with Crippen molar-refractivity contribution in [3.8, 4) is 17.0 Å². The maximum atomic E-state index is 13.9. The van der Waals surface area contributed by atoms with E-state index in [1.165, 1.54) is 6.07 Å². The molecular formula is C20H22FN2O2+. The number of rotatable bonds is 3. The molecule has 0 saturated heterocycles. The van der Waals surface area contributed by atoms with Crippen LogP contribution in [-0.4, -0.2) is 17.2 Å². The van der Waals surface area contributed by atoms with Gasteiger partial charge in [0.25, 0.3) is 0 Å². The van der Waals surface area contributed by atoms with E-state index in [4.69, 9.17) is 4.74 Å². The van der Waals surface area contributed by atoms with Crippen molar-refractivity contribution >= 4 is 11.0 Å². The summed E-state index contributed by atoms with van der Waals surface area (Å²) in [5, 5.41) is 9.58. The van der Waals surface area contributed by atoms with Crippen LogP contribution in [0.4, 0.5) is 4.39 Å². The molecule has 0 aliphatic carbocycles. The molecule has 0 spiro atoms. The van der Waals surface area contributed by atoms with Crippen LogP contribution in [-0.2, 0) is 13.7 Å². The fourth-order valence-corrected chi connectivity index (χ4v) is 3.28. The lowest BCUT2D eigenvalue weighted by atomic mass is 9.99. The molecule has 4 nitrogen and oxygen atoms in total. The van der Waals surface area contributed by atoms with Crippen molar-refractivity contribution in [2.45, 2.75) is 27.4 Å². The number of nitrogens with zero attached hydrogens (tertiary/aromatic N) is 2. The van der Waals surface area contributed by atoms with Crippen molar-refractivity contribution in [1.29, 1.82) is 0 Å². The van der Waals surface area contributed by atoms with E-state index in [0.29, 0.717) is 11.1 Å². The Labute approximate surface area is 146 Å². The first kappa shape index (κ1) is 17.3. The van der Waals surface area contributed by atoms with E-state index in [1.54, 1.807) is 14.0 Å². The maximum absolute atomic E-state index is 13.9. The van der Waals surface area contributed by atoms with E-state index in [2.05, 4.69) is 4.98 Å². The summed E-state index contributed by atoms with van der Waals surface area (Å²) in [6, 6.07) is 7.06. The number of aryl methyl sites for hydroxylation is 3. The van der Waals surface area contributed by atoms with E-state index >= 15 is 0 Å². The zero-order chi connectivity index (χ0) is 18.3. The van der Waals surface area contributed by atoms with Gasteiger partial charge >= 0.3 is 0 Å². The normalized spacial score (nSPS) is 11.2. The van der Waals surface area contributed by atoms with Gasteiger partial charge in [0, 0.05) is 17.7 Å². The van der Waals surface area contributed by atoms with Crippen LogP contribution in [0.1, 0.15) is 22.4 Å². The number of halogens is 1. The van der Waals surface area contributed by atoms with Crippen molar-refractivity contribution in [3.05, 3.63) is 52.5 Å². The molecule has 130 valence electrons. The Bertz CT molecular complexity index is 984. The smallest absolute Gasteiger partial charge is 0.234 e. The van der Waals surface area contributed by atoms with Crippen LogP contribution >= 0.6 is 0 Å². The van der Waals surface area contributed by atoms with Crippen LogP contribution in [0.15, 0.2) is 24.3 Å². The summed E-state index contributed by atoms with van der Waals surface area (Å²) in [6.45, 7) is 5.56. The van der Waals surface area contributed by atoms with Crippen LogP contribution in [0, 0.1) is 26.6 Å². The number of aliphatic hydroxyl groups is 1. The summed E-state index contributed by atoms with van der Waals surface area (Å²) < 4.78 is 21.4. The quantitative estimate of drug-likeness (QED) is 0.744. The third-order valence-corrected chi connectivity index (χ3v) is 4.66. The Kier molecular flexibility index (Phi) is 4.43. The molecule has 3 rings (SSSR count). The van der Waals surface area contributed by atoms with Crippen molar-refractivity contribution in [2.24, 2.45) is 7.05 Å². The topological polar surface area (TPSA) is 46.2 Å². The van der Waals surface area contributed by atoms with Crippen LogP contribution in [0.5, 0.6) is 5.75 Å². The largest absolute Gasteiger partial charge is 0.496 e. The van der Waals surface area contributed by atoms with Crippen LogP contribution < -0.4 is 9.30 Å². The molecule has 1 heterocycles. The number of hydrogen-bond donors (Lipinski definition) is 1. The van der Waals surface area contributed by atoms with Gasteiger partial charge in [-0.3, -0.25) is 0 Å². The number of aromatic nitrogens is 2. The number of aliphatic hydroxyl groups excluding tert-OH is 1. The molecule has 0 bridgehead atoms. The highest BCUT2D eigenvalue weighted by molar-refractivity contribution is 5.76. The standard InChI is InChI=1S/C20H22FN2O2/c1-11-6-18-17(9-16(11)21)22-13(3)20(23(18)4)15-7-14(10-24)8-19(25-5)12(15)2/h6-9,24H,10H2,1-5H3/q+1. The van der Waals surface area contributed by atoms with Crippen molar-refractivity contribution < 1.29 is 18.8 Å². The summed E-state index contributed by atoms with van der Waals surface area (Å²) in [5.41, 5.74) is 6.45. The minimum absolute atomic E-state index is 0.0717. The van der Waals surface area contributed by atoms with Gasteiger partial charge in [0.2, 0.25) is 11.2 Å². The van der Waals surface area contributed by atoms with Crippen molar-refractivity contribution in [1.82, 2.24) is 4.98 Å². The molecule has 1 N–H and O–H groups in total. The minimum atomic E-state index is -0.257. The van der Waals surface area contributed by atoms with E-state index in [-0.39, 0.29) is 12.4 Å². The molecule has 25 heavy (non-hydrogen) atoms. The summed E-state index contributed by atoms with van der Waals surface area (Å²) >= 11 is 0. The van der Waals surface area contributed by atoms with Gasteiger partial charge in [-0.05, 0) is 44.0 Å². The van der Waals surface area contributed by atoms with Crippen LogP contribution in [0.3, 0.4) is 0 Å². The monoisotopic (exact) mass is 341 g/mol. The molecule has 1 aromatic heterocycles. The second-order valence-corrected chi connectivity index (χ2v) is 6.32. The van der Waals surface area contributed by atoms with Gasteiger partial charge in [-0.15, -0.1) is 0 Å². The van der Waals surface area contributed by atoms with Gasteiger partial charge in [-0.2, -0.15) is 4.57 Å². The van der Waals surface area contributed by atoms with Crippen molar-refractivity contribution in [2.75, 3.05) is 7.11 Å². The fraction of sp³-hybridized carbons (Fsp3) is 0.300. The van der Waals surface area contributed by atoms with Crippen LogP contribution in [0.25, 0.3) is 22.3 Å². The zero-order valence-electron chi connectivity index (χ0n) is 15.1. The summed E-state index contributed by atoms with van der Waals surface area (Å²) in [7, 11) is 3.56. The molecule has 2 aromatic carbocycles. The highest BCUT2D eigenvalue weighted by Gasteiger charge is 2.23. The van der Waals surface area contributed by atoms with Gasteiger partial charge in [0.05, 0.1) is 19.3 Å². The predicted octanol–water partition coefficient (Wildman–Crippen LogP) is 3.29. The average Bonchev–Trinajstić information content (AvgIpc) is 2.58. The highest BCUT2D eigenvalue weighted by atomic mass is 19.1.